The molecule has 5 nitrogen and oxygen atoms in total. The van der Waals surface area contributed by atoms with Crippen LogP contribution in [-0.2, 0) is 8.92 Å². The minimum Gasteiger partial charge on any atom is -0.444 e. The molecule has 0 aromatic carbocycles. The van der Waals surface area contributed by atoms with Gasteiger partial charge in [0.25, 0.3) is 0 Å². The molecule has 1 N–H and O–H groups in total. The van der Waals surface area contributed by atoms with Gasteiger partial charge in [0, 0.05) is 13.7 Å². The zero-order chi connectivity index (χ0) is 13.5. The van der Waals surface area contributed by atoms with E-state index in [4.69, 9.17) is 14.0 Å². The van der Waals surface area contributed by atoms with Gasteiger partial charge in [-0.25, -0.2) is 4.79 Å². The van der Waals surface area contributed by atoms with Crippen LogP contribution in [0.5, 0.6) is 0 Å². The molecule has 0 rings (SSSR count). The second-order valence-electron chi connectivity index (χ2n) is 4.91. The first kappa shape index (κ1) is 16.5. The molecule has 0 aromatic rings. The van der Waals surface area contributed by atoms with E-state index in [0.29, 0.717) is 19.4 Å². The van der Waals surface area contributed by atoms with Gasteiger partial charge in [0.15, 0.2) is 0 Å². The molecule has 0 aliphatic heterocycles. The topological polar surface area (TPSA) is 59.0 Å². The van der Waals surface area contributed by atoms with Crippen LogP contribution < -0.4 is 0 Å². The van der Waals surface area contributed by atoms with E-state index in [1.54, 1.807) is 7.05 Å². The van der Waals surface area contributed by atoms with E-state index in [-0.39, 0.29) is 12.6 Å². The Kier molecular flexibility index (Phi) is 7.58. The lowest BCUT2D eigenvalue weighted by atomic mass is 10.1. The number of thiol groups is 1. The maximum Gasteiger partial charge on any atom is 0.410 e. The summed E-state index contributed by atoms with van der Waals surface area (Å²) in [6.07, 6.45) is 0.854. The Hall–Kier alpha value is -0.460. The van der Waals surface area contributed by atoms with Crippen molar-refractivity contribution in [2.75, 3.05) is 20.3 Å². The number of ether oxygens (including phenoxy) is 1. The van der Waals surface area contributed by atoms with E-state index in [1.807, 2.05) is 20.8 Å². The third kappa shape index (κ3) is 7.46. The smallest absolute Gasteiger partial charge is 0.410 e. The van der Waals surface area contributed by atoms with Crippen molar-refractivity contribution in [3.8, 4) is 0 Å². The summed E-state index contributed by atoms with van der Waals surface area (Å²) in [4.78, 5) is 13.3. The van der Waals surface area contributed by atoms with Gasteiger partial charge in [-0.3, -0.25) is 0 Å². The van der Waals surface area contributed by atoms with Crippen molar-refractivity contribution < 1.29 is 18.8 Å². The fourth-order valence-electron chi connectivity index (χ4n) is 1.28. The van der Waals surface area contributed by atoms with Crippen LogP contribution in [-0.4, -0.2) is 48.0 Å². The van der Waals surface area contributed by atoms with E-state index in [1.165, 1.54) is 4.90 Å². The summed E-state index contributed by atoms with van der Waals surface area (Å²) in [5, 5.41) is 8.80. The van der Waals surface area contributed by atoms with Gasteiger partial charge in [-0.2, -0.15) is 0 Å². The summed E-state index contributed by atoms with van der Waals surface area (Å²) in [7, 11) is 1.66. The number of aliphatic hydroxyl groups is 1. The van der Waals surface area contributed by atoms with E-state index in [0.717, 1.165) is 0 Å². The highest BCUT2D eigenvalue weighted by molar-refractivity contribution is 7.75. The maximum atomic E-state index is 11.8. The number of carbonyl (C=O) groups excluding carboxylic acids is 1. The first-order valence-electron chi connectivity index (χ1n) is 5.65. The summed E-state index contributed by atoms with van der Waals surface area (Å²) in [6, 6.07) is -0.144. The first-order valence-corrected chi connectivity index (χ1v) is 6.01. The number of hydrogen-bond donors (Lipinski definition) is 2. The third-order valence-electron chi connectivity index (χ3n) is 2.19. The van der Waals surface area contributed by atoms with Crippen molar-refractivity contribution in [2.24, 2.45) is 0 Å². The van der Waals surface area contributed by atoms with Crippen molar-refractivity contribution in [2.45, 2.75) is 45.3 Å². The van der Waals surface area contributed by atoms with Gasteiger partial charge in [0.2, 0.25) is 0 Å². The molecule has 1 atom stereocenters. The van der Waals surface area contributed by atoms with Crippen LogP contribution >= 0.6 is 12.9 Å². The van der Waals surface area contributed by atoms with Gasteiger partial charge in [-0.15, -0.1) is 0 Å². The molecular weight excluding hydrogens is 242 g/mol. The normalized spacial score (nSPS) is 13.3. The summed E-state index contributed by atoms with van der Waals surface area (Å²) >= 11 is 3.69. The number of rotatable bonds is 6. The Balaban J connectivity index is 4.37. The number of likely N-dealkylation sites (N-methyl/N-ethyl adjacent to an activating group) is 1. The van der Waals surface area contributed by atoms with Crippen LogP contribution in [0.1, 0.15) is 33.6 Å². The van der Waals surface area contributed by atoms with Crippen molar-refractivity contribution in [1.82, 2.24) is 4.90 Å². The van der Waals surface area contributed by atoms with Crippen LogP contribution in [0, 0.1) is 0 Å². The number of aliphatic hydroxyl groups excluding tert-OH is 1. The zero-order valence-electron chi connectivity index (χ0n) is 11.0. The SMILES string of the molecule is CN(C(=O)OC(C)(C)C)[C@@H](CCCO)COS. The van der Waals surface area contributed by atoms with Crippen molar-refractivity contribution in [3.05, 3.63) is 0 Å². The quantitative estimate of drug-likeness (QED) is 0.568. The third-order valence-corrected chi connectivity index (χ3v) is 2.34. The minimum absolute atomic E-state index is 0.0885. The maximum absolute atomic E-state index is 11.8. The molecule has 1 amide bonds. The van der Waals surface area contributed by atoms with E-state index in [9.17, 15) is 4.79 Å². The molecule has 0 aromatic heterocycles. The largest absolute Gasteiger partial charge is 0.444 e. The van der Waals surface area contributed by atoms with Gasteiger partial charge in [-0.1, -0.05) is 0 Å². The van der Waals surface area contributed by atoms with Gasteiger partial charge in [-0.05, 0) is 46.5 Å². The number of hydrogen-bond acceptors (Lipinski definition) is 5. The van der Waals surface area contributed by atoms with Crippen LogP contribution in [0.4, 0.5) is 4.79 Å². The molecule has 0 unspecified atom stereocenters. The zero-order valence-corrected chi connectivity index (χ0v) is 11.9. The van der Waals surface area contributed by atoms with E-state index in [2.05, 4.69) is 12.9 Å². The first-order chi connectivity index (χ1) is 7.81. The molecule has 0 heterocycles. The van der Waals surface area contributed by atoms with E-state index >= 15 is 0 Å². The molecule has 102 valence electrons. The molecule has 0 spiro atoms. The summed E-state index contributed by atoms with van der Waals surface area (Å²) in [5.74, 6) is 0. The second-order valence-corrected chi connectivity index (χ2v) is 5.16. The number of amides is 1. The molecule has 0 saturated heterocycles. The van der Waals surface area contributed by atoms with E-state index < -0.39 is 11.7 Å². The highest BCUT2D eigenvalue weighted by Crippen LogP contribution is 2.13. The van der Waals surface area contributed by atoms with Crippen LogP contribution in [0.2, 0.25) is 0 Å². The van der Waals surface area contributed by atoms with Crippen LogP contribution in [0.25, 0.3) is 0 Å². The molecule has 0 saturated carbocycles. The molecule has 0 fully saturated rings. The lowest BCUT2D eigenvalue weighted by Gasteiger charge is -2.30. The average Bonchev–Trinajstić information content (AvgIpc) is 2.20. The molecule has 0 aliphatic carbocycles. The Labute approximate surface area is 109 Å². The summed E-state index contributed by atoms with van der Waals surface area (Å²) in [6.45, 7) is 5.84. The predicted molar refractivity (Wildman–Crippen MR) is 69.0 cm³/mol. The number of nitrogens with zero attached hydrogens (tertiary/aromatic N) is 1. The Bertz CT molecular complexity index is 230. The lowest BCUT2D eigenvalue weighted by molar-refractivity contribution is 0.0169. The fraction of sp³-hybridized carbons (Fsp3) is 0.909. The van der Waals surface area contributed by atoms with Gasteiger partial charge < -0.3 is 18.9 Å². The fourth-order valence-corrected chi connectivity index (χ4v) is 1.46. The summed E-state index contributed by atoms with van der Waals surface area (Å²) < 4.78 is 10.0. The number of carbonyl (C=O) groups is 1. The molecule has 6 heteroatoms. The van der Waals surface area contributed by atoms with Crippen LogP contribution in [0.3, 0.4) is 0 Å². The second kappa shape index (κ2) is 7.79. The Morgan fingerprint density at radius 1 is 1.47 bits per heavy atom. The van der Waals surface area contributed by atoms with Gasteiger partial charge >= 0.3 is 6.09 Å². The van der Waals surface area contributed by atoms with Crippen LogP contribution in [0.15, 0.2) is 0 Å². The van der Waals surface area contributed by atoms with Crippen molar-refractivity contribution in [3.63, 3.8) is 0 Å². The standard InChI is InChI=1S/C11H23NO4S/c1-11(2,3)16-10(14)12(4)9(8-15-17)6-5-7-13/h9,13,17H,5-8H2,1-4H3/t9-/m0/s1. The van der Waals surface area contributed by atoms with Gasteiger partial charge in [0.05, 0.1) is 12.6 Å². The Morgan fingerprint density at radius 3 is 2.47 bits per heavy atom. The monoisotopic (exact) mass is 265 g/mol. The lowest BCUT2D eigenvalue weighted by Crippen LogP contribution is -2.42. The average molecular weight is 265 g/mol. The molecule has 0 aliphatic rings. The molecule has 17 heavy (non-hydrogen) atoms. The summed E-state index contributed by atoms with van der Waals surface area (Å²) in [5.41, 5.74) is -0.519. The Morgan fingerprint density at radius 2 is 2.06 bits per heavy atom. The van der Waals surface area contributed by atoms with Gasteiger partial charge in [0.1, 0.15) is 5.60 Å². The molecular formula is C11H23NO4S. The van der Waals surface area contributed by atoms with Crippen molar-refractivity contribution >= 4 is 19.0 Å². The van der Waals surface area contributed by atoms with Crippen molar-refractivity contribution in [1.29, 1.82) is 0 Å². The molecule has 0 bridgehead atoms. The predicted octanol–water partition coefficient (Wildman–Crippen LogP) is 1.86. The molecule has 0 radical (unpaired) electrons. The highest BCUT2D eigenvalue weighted by Gasteiger charge is 2.25. The minimum atomic E-state index is -0.519. The highest BCUT2D eigenvalue weighted by atomic mass is 32.1.